The van der Waals surface area contributed by atoms with Gasteiger partial charge in [0.25, 0.3) is 0 Å². The second-order valence-corrected chi connectivity index (χ2v) is 7.78. The smallest absolute Gasteiger partial charge is 0.216 e. The second kappa shape index (κ2) is 9.22. The van der Waals surface area contributed by atoms with Gasteiger partial charge in [-0.05, 0) is 12.8 Å². The minimum absolute atomic E-state index is 0.0320. The van der Waals surface area contributed by atoms with Gasteiger partial charge >= 0.3 is 0 Å². The summed E-state index contributed by atoms with van der Waals surface area (Å²) < 4.78 is 6.12. The highest BCUT2D eigenvalue weighted by Crippen LogP contribution is 2.32. The number of hydrogen-bond donors (Lipinski definition) is 3. The Hall–Kier alpha value is -2.67. The highest BCUT2D eigenvalue weighted by atomic mass is 16.5. The second-order valence-electron chi connectivity index (χ2n) is 7.78. The fourth-order valence-corrected chi connectivity index (χ4v) is 3.98. The van der Waals surface area contributed by atoms with Gasteiger partial charge in [0.2, 0.25) is 5.91 Å². The van der Waals surface area contributed by atoms with Gasteiger partial charge in [-0.3, -0.25) is 4.79 Å². The molecule has 0 bridgehead atoms. The largest absolute Gasteiger partial charge is 0.376 e. The monoisotopic (exact) mass is 395 g/mol. The third-order valence-corrected chi connectivity index (χ3v) is 5.46. The summed E-state index contributed by atoms with van der Waals surface area (Å²) in [6.07, 6.45) is 6.14. The Kier molecular flexibility index (Phi) is 6.24. The number of nitrogens with zero attached hydrogens (tertiary/aromatic N) is 2. The number of rotatable bonds is 8. The molecule has 2 heterocycles. The van der Waals surface area contributed by atoms with Gasteiger partial charge in [-0.15, -0.1) is 0 Å². The van der Waals surface area contributed by atoms with Crippen molar-refractivity contribution in [2.75, 3.05) is 30.3 Å². The van der Waals surface area contributed by atoms with E-state index < -0.39 is 0 Å². The summed E-state index contributed by atoms with van der Waals surface area (Å²) in [6.45, 7) is 3.37. The summed E-state index contributed by atoms with van der Waals surface area (Å²) in [5.41, 5.74) is 2.07. The molecule has 1 aromatic carbocycles. The number of amides is 1. The number of nitrogens with one attached hydrogen (secondary N) is 3. The Balaban J connectivity index is 1.49. The van der Waals surface area contributed by atoms with E-state index in [-0.39, 0.29) is 11.9 Å². The Morgan fingerprint density at radius 1 is 1.17 bits per heavy atom. The number of anilines is 2. The fraction of sp³-hybridized carbons (Fsp3) is 0.500. The molecule has 29 heavy (non-hydrogen) atoms. The SMILES string of the molecule is CC(=O)NCCNc1nc(-c2ccccc2)nc2c1CC(COC1CCCC1)N2. The topological polar surface area (TPSA) is 88.2 Å². The minimum Gasteiger partial charge on any atom is -0.376 e. The average Bonchev–Trinajstić information content (AvgIpc) is 3.39. The number of benzene rings is 1. The Labute approximate surface area is 171 Å². The van der Waals surface area contributed by atoms with Gasteiger partial charge < -0.3 is 20.7 Å². The summed E-state index contributed by atoms with van der Waals surface area (Å²) in [4.78, 5) is 20.7. The normalized spacial score (nSPS) is 18.3. The van der Waals surface area contributed by atoms with Crippen LogP contribution in [-0.4, -0.2) is 47.7 Å². The number of carbonyl (C=O) groups excluding carboxylic acids is 1. The maximum atomic E-state index is 11.1. The van der Waals surface area contributed by atoms with Crippen LogP contribution >= 0.6 is 0 Å². The van der Waals surface area contributed by atoms with Crippen molar-refractivity contribution in [3.05, 3.63) is 35.9 Å². The minimum atomic E-state index is -0.0320. The lowest BCUT2D eigenvalue weighted by Crippen LogP contribution is -2.27. The van der Waals surface area contributed by atoms with Crippen LogP contribution in [0.3, 0.4) is 0 Å². The molecule has 0 saturated heterocycles. The van der Waals surface area contributed by atoms with Crippen LogP contribution in [0.25, 0.3) is 11.4 Å². The van der Waals surface area contributed by atoms with Crippen LogP contribution in [-0.2, 0) is 16.0 Å². The molecule has 7 nitrogen and oxygen atoms in total. The lowest BCUT2D eigenvalue weighted by Gasteiger charge is -2.15. The van der Waals surface area contributed by atoms with Crippen LogP contribution in [0.5, 0.6) is 0 Å². The third kappa shape index (κ3) is 5.03. The lowest BCUT2D eigenvalue weighted by atomic mass is 10.1. The van der Waals surface area contributed by atoms with E-state index in [9.17, 15) is 4.79 Å². The summed E-state index contributed by atoms with van der Waals surface area (Å²) in [5.74, 6) is 2.36. The Morgan fingerprint density at radius 2 is 1.97 bits per heavy atom. The van der Waals surface area contributed by atoms with E-state index in [0.29, 0.717) is 31.6 Å². The van der Waals surface area contributed by atoms with Crippen molar-refractivity contribution in [2.45, 2.75) is 51.2 Å². The molecule has 1 unspecified atom stereocenters. The van der Waals surface area contributed by atoms with Crippen LogP contribution in [0.4, 0.5) is 11.6 Å². The average molecular weight is 396 g/mol. The molecule has 2 aromatic rings. The van der Waals surface area contributed by atoms with Crippen molar-refractivity contribution in [3.8, 4) is 11.4 Å². The van der Waals surface area contributed by atoms with Gasteiger partial charge in [-0.1, -0.05) is 43.2 Å². The van der Waals surface area contributed by atoms with Crippen LogP contribution in [0, 0.1) is 0 Å². The first-order valence-corrected chi connectivity index (χ1v) is 10.5. The first-order valence-electron chi connectivity index (χ1n) is 10.5. The van der Waals surface area contributed by atoms with Gasteiger partial charge in [0.05, 0.1) is 18.8 Å². The molecule has 7 heteroatoms. The van der Waals surface area contributed by atoms with Crippen molar-refractivity contribution in [1.29, 1.82) is 0 Å². The number of aromatic nitrogens is 2. The molecule has 1 aliphatic carbocycles. The highest BCUT2D eigenvalue weighted by molar-refractivity contribution is 5.73. The van der Waals surface area contributed by atoms with Crippen LogP contribution in [0.1, 0.15) is 38.2 Å². The Bertz CT molecular complexity index is 837. The van der Waals surface area contributed by atoms with Gasteiger partial charge in [0, 0.05) is 37.6 Å². The van der Waals surface area contributed by atoms with Crippen LogP contribution in [0.2, 0.25) is 0 Å². The Morgan fingerprint density at radius 3 is 2.72 bits per heavy atom. The molecule has 0 spiro atoms. The molecule has 1 amide bonds. The van der Waals surface area contributed by atoms with E-state index in [1.807, 2.05) is 30.3 Å². The van der Waals surface area contributed by atoms with Crippen LogP contribution in [0.15, 0.2) is 30.3 Å². The fourth-order valence-electron chi connectivity index (χ4n) is 3.98. The first-order chi connectivity index (χ1) is 14.2. The number of carbonyl (C=O) groups is 1. The predicted octanol–water partition coefficient (Wildman–Crippen LogP) is 2.99. The van der Waals surface area contributed by atoms with Crippen molar-refractivity contribution in [1.82, 2.24) is 15.3 Å². The van der Waals surface area contributed by atoms with Gasteiger partial charge in [0.15, 0.2) is 5.82 Å². The zero-order chi connectivity index (χ0) is 20.1. The van der Waals surface area contributed by atoms with E-state index in [1.165, 1.54) is 32.6 Å². The van der Waals surface area contributed by atoms with Gasteiger partial charge in [-0.2, -0.15) is 0 Å². The zero-order valence-electron chi connectivity index (χ0n) is 16.9. The maximum absolute atomic E-state index is 11.1. The molecule has 3 N–H and O–H groups in total. The van der Waals surface area contributed by atoms with E-state index in [1.54, 1.807) is 0 Å². The molecule has 1 saturated carbocycles. The summed E-state index contributed by atoms with van der Waals surface area (Å²) in [6, 6.07) is 10.2. The number of hydrogen-bond acceptors (Lipinski definition) is 6. The molecule has 1 aromatic heterocycles. The summed E-state index contributed by atoms with van der Waals surface area (Å²) in [5, 5.41) is 9.72. The molecular weight excluding hydrogens is 366 g/mol. The molecule has 154 valence electrons. The molecule has 1 atom stereocenters. The third-order valence-electron chi connectivity index (χ3n) is 5.46. The summed E-state index contributed by atoms with van der Waals surface area (Å²) in [7, 11) is 0. The lowest BCUT2D eigenvalue weighted by molar-refractivity contribution is -0.118. The summed E-state index contributed by atoms with van der Waals surface area (Å²) >= 11 is 0. The van der Waals surface area contributed by atoms with Gasteiger partial charge in [-0.25, -0.2) is 9.97 Å². The van der Waals surface area contributed by atoms with E-state index >= 15 is 0 Å². The first kappa shape index (κ1) is 19.6. The predicted molar refractivity (Wildman–Crippen MR) is 114 cm³/mol. The maximum Gasteiger partial charge on any atom is 0.216 e. The van der Waals surface area contributed by atoms with Crippen molar-refractivity contribution in [3.63, 3.8) is 0 Å². The number of fused-ring (bicyclic) bond motifs is 1. The van der Waals surface area contributed by atoms with Crippen molar-refractivity contribution >= 4 is 17.5 Å². The van der Waals surface area contributed by atoms with Crippen molar-refractivity contribution in [2.24, 2.45) is 0 Å². The molecular formula is C22H29N5O2. The zero-order valence-corrected chi connectivity index (χ0v) is 16.9. The van der Waals surface area contributed by atoms with Gasteiger partial charge in [0.1, 0.15) is 11.6 Å². The highest BCUT2D eigenvalue weighted by Gasteiger charge is 2.28. The molecule has 1 aliphatic heterocycles. The van der Waals surface area contributed by atoms with Crippen molar-refractivity contribution < 1.29 is 9.53 Å². The van der Waals surface area contributed by atoms with Crippen LogP contribution < -0.4 is 16.0 Å². The molecule has 1 fully saturated rings. The number of ether oxygens (including phenoxy) is 1. The quantitative estimate of drug-likeness (QED) is 0.596. The molecule has 2 aliphatic rings. The van der Waals surface area contributed by atoms with E-state index in [4.69, 9.17) is 14.7 Å². The molecule has 4 rings (SSSR count). The molecule has 0 radical (unpaired) electrons. The van der Waals surface area contributed by atoms with E-state index in [0.717, 1.165) is 29.2 Å². The van der Waals surface area contributed by atoms with E-state index in [2.05, 4.69) is 16.0 Å². The standard InChI is InChI=1S/C22H29N5O2/c1-15(28)23-11-12-24-21-19-13-17(14-29-18-9-5-6-10-18)25-22(19)27-20(26-21)16-7-3-2-4-8-16/h2-4,7-8,17-18H,5-6,9-14H2,1H3,(H,23,28)(H2,24,25,26,27).